The lowest BCUT2D eigenvalue weighted by molar-refractivity contribution is 0.0489. The number of carbonyl (C=O) groups is 1. The minimum absolute atomic E-state index is 0.00183. The van der Waals surface area contributed by atoms with Crippen LogP contribution in [0.1, 0.15) is 47.0 Å². The van der Waals surface area contributed by atoms with Crippen molar-refractivity contribution in [2.24, 2.45) is 0 Å². The van der Waals surface area contributed by atoms with E-state index in [1.807, 2.05) is 0 Å². The molecule has 0 saturated heterocycles. The zero-order valence-corrected chi connectivity index (χ0v) is 21.7. The number of hydrogen-bond donors (Lipinski definition) is 2. The Balaban J connectivity index is 3.46. The summed E-state index contributed by atoms with van der Waals surface area (Å²) in [5.41, 5.74) is 0. The summed E-state index contributed by atoms with van der Waals surface area (Å²) in [7, 11) is 5.15. The van der Waals surface area contributed by atoms with Gasteiger partial charge in [0.2, 0.25) is 0 Å². The standard InChI is InChI=1S/C21H44N2O6S2/c1-19(2)22-9-14-26-16-17-27-15-10-23-20(24)29-13-8-21(3,4)31-30-18-28-12-7-6-11-25-5/h19,22H,6-18H2,1-5H3,(H,23,24). The van der Waals surface area contributed by atoms with E-state index in [1.165, 1.54) is 0 Å². The van der Waals surface area contributed by atoms with Gasteiger partial charge in [-0.25, -0.2) is 4.79 Å². The molecular weight excluding hydrogens is 440 g/mol. The van der Waals surface area contributed by atoms with Crippen molar-refractivity contribution in [2.45, 2.75) is 57.7 Å². The summed E-state index contributed by atoms with van der Waals surface area (Å²) >= 11 is 0. The Hall–Kier alpha value is -0.230. The van der Waals surface area contributed by atoms with E-state index in [-0.39, 0.29) is 4.75 Å². The van der Waals surface area contributed by atoms with Gasteiger partial charge in [0.25, 0.3) is 0 Å². The molecule has 0 radical (unpaired) electrons. The van der Waals surface area contributed by atoms with E-state index in [0.29, 0.717) is 51.6 Å². The van der Waals surface area contributed by atoms with Gasteiger partial charge in [0.1, 0.15) is 5.94 Å². The van der Waals surface area contributed by atoms with Gasteiger partial charge in [-0.05, 0) is 33.1 Å². The van der Waals surface area contributed by atoms with Gasteiger partial charge < -0.3 is 34.3 Å². The van der Waals surface area contributed by atoms with Crippen LogP contribution >= 0.6 is 21.6 Å². The van der Waals surface area contributed by atoms with Gasteiger partial charge in [-0.2, -0.15) is 0 Å². The predicted molar refractivity (Wildman–Crippen MR) is 130 cm³/mol. The van der Waals surface area contributed by atoms with Gasteiger partial charge in [-0.3, -0.25) is 0 Å². The van der Waals surface area contributed by atoms with Crippen LogP contribution in [0.3, 0.4) is 0 Å². The highest BCUT2D eigenvalue weighted by Crippen LogP contribution is 2.37. The minimum Gasteiger partial charge on any atom is -0.450 e. The fourth-order valence-electron chi connectivity index (χ4n) is 2.18. The predicted octanol–water partition coefficient (Wildman–Crippen LogP) is 3.69. The summed E-state index contributed by atoms with van der Waals surface area (Å²) in [6.07, 6.45) is 2.40. The number of hydrogen-bond acceptors (Lipinski definition) is 9. The van der Waals surface area contributed by atoms with Gasteiger partial charge in [0.15, 0.2) is 0 Å². The van der Waals surface area contributed by atoms with Gasteiger partial charge in [-0.1, -0.05) is 35.4 Å². The molecule has 0 heterocycles. The Morgan fingerprint density at radius 1 is 0.903 bits per heavy atom. The largest absolute Gasteiger partial charge is 0.450 e. The topological polar surface area (TPSA) is 87.3 Å². The zero-order chi connectivity index (χ0) is 23.2. The van der Waals surface area contributed by atoms with Crippen LogP contribution in [0, 0.1) is 0 Å². The Bertz CT molecular complexity index is 417. The SMILES string of the molecule is COCCCCOCSSC(C)(C)CCOC(=O)NCCOCCOCCNC(C)C. The average molecular weight is 485 g/mol. The first kappa shape index (κ1) is 30.8. The Kier molecular flexibility index (Phi) is 21.4. The summed E-state index contributed by atoms with van der Waals surface area (Å²) in [6.45, 7) is 13.8. The van der Waals surface area contributed by atoms with Gasteiger partial charge in [0.05, 0.1) is 33.0 Å². The first-order valence-electron chi connectivity index (χ1n) is 11.0. The number of rotatable bonds is 22. The summed E-state index contributed by atoms with van der Waals surface area (Å²) in [6, 6.07) is 0.468. The van der Waals surface area contributed by atoms with E-state index < -0.39 is 6.09 Å². The second-order valence-corrected chi connectivity index (χ2v) is 10.8. The van der Waals surface area contributed by atoms with E-state index in [9.17, 15) is 4.79 Å². The summed E-state index contributed by atoms with van der Waals surface area (Å²) in [4.78, 5) is 11.7. The van der Waals surface area contributed by atoms with Crippen molar-refractivity contribution in [3.05, 3.63) is 0 Å². The lowest BCUT2D eigenvalue weighted by Crippen LogP contribution is -2.30. The van der Waals surface area contributed by atoms with E-state index in [4.69, 9.17) is 23.7 Å². The fourth-order valence-corrected chi connectivity index (χ4v) is 4.45. The summed E-state index contributed by atoms with van der Waals surface area (Å²) < 4.78 is 26.7. The van der Waals surface area contributed by atoms with Crippen LogP contribution in [0.25, 0.3) is 0 Å². The van der Waals surface area contributed by atoms with Crippen molar-refractivity contribution >= 4 is 27.7 Å². The zero-order valence-electron chi connectivity index (χ0n) is 20.0. The highest BCUT2D eigenvalue weighted by atomic mass is 33.1. The van der Waals surface area contributed by atoms with Crippen molar-refractivity contribution in [2.75, 3.05) is 72.4 Å². The Morgan fingerprint density at radius 3 is 2.26 bits per heavy atom. The maximum absolute atomic E-state index is 11.7. The van der Waals surface area contributed by atoms with Gasteiger partial charge in [-0.15, -0.1) is 0 Å². The normalized spacial score (nSPS) is 11.8. The number of ether oxygens (including phenoxy) is 5. The molecule has 186 valence electrons. The van der Waals surface area contributed by atoms with Crippen LogP contribution < -0.4 is 10.6 Å². The third-order valence-electron chi connectivity index (χ3n) is 3.93. The molecule has 10 heteroatoms. The van der Waals surface area contributed by atoms with Crippen molar-refractivity contribution in [1.82, 2.24) is 10.6 Å². The second kappa shape index (κ2) is 21.6. The van der Waals surface area contributed by atoms with E-state index in [1.54, 1.807) is 28.7 Å². The number of carbonyl (C=O) groups excluding carboxylic acids is 1. The molecule has 8 nitrogen and oxygen atoms in total. The van der Waals surface area contributed by atoms with Crippen LogP contribution in [0.2, 0.25) is 0 Å². The third-order valence-corrected chi connectivity index (χ3v) is 6.96. The minimum atomic E-state index is -0.410. The Morgan fingerprint density at radius 2 is 1.58 bits per heavy atom. The molecule has 0 aliphatic rings. The maximum atomic E-state index is 11.7. The third kappa shape index (κ3) is 24.2. The van der Waals surface area contributed by atoms with Crippen LogP contribution in [0.5, 0.6) is 0 Å². The van der Waals surface area contributed by atoms with Gasteiger partial charge in [0, 0.05) is 44.2 Å². The van der Waals surface area contributed by atoms with Gasteiger partial charge >= 0.3 is 6.09 Å². The van der Waals surface area contributed by atoms with Crippen LogP contribution in [-0.4, -0.2) is 89.3 Å². The van der Waals surface area contributed by atoms with E-state index >= 15 is 0 Å². The number of unbranched alkanes of at least 4 members (excludes halogenated alkanes) is 1. The quantitative estimate of drug-likeness (QED) is 0.136. The molecule has 0 atom stereocenters. The van der Waals surface area contributed by atoms with E-state index in [0.717, 1.165) is 39.0 Å². The molecule has 0 bridgehead atoms. The smallest absolute Gasteiger partial charge is 0.407 e. The fraction of sp³-hybridized carbons (Fsp3) is 0.952. The van der Waals surface area contributed by atoms with Crippen molar-refractivity contribution < 1.29 is 28.5 Å². The molecule has 0 rings (SSSR count). The molecule has 0 aliphatic heterocycles. The number of amides is 1. The molecule has 0 aromatic rings. The van der Waals surface area contributed by atoms with Crippen LogP contribution in [0.15, 0.2) is 0 Å². The molecule has 0 fully saturated rings. The molecule has 0 aromatic carbocycles. The molecule has 0 aliphatic carbocycles. The number of alkyl carbamates (subject to hydrolysis) is 1. The maximum Gasteiger partial charge on any atom is 0.407 e. The van der Waals surface area contributed by atoms with Crippen LogP contribution in [-0.2, 0) is 23.7 Å². The van der Waals surface area contributed by atoms with Crippen molar-refractivity contribution in [3.63, 3.8) is 0 Å². The molecule has 31 heavy (non-hydrogen) atoms. The molecule has 0 saturated carbocycles. The molecule has 0 unspecified atom stereocenters. The molecule has 0 spiro atoms. The lowest BCUT2D eigenvalue weighted by Gasteiger charge is -2.22. The van der Waals surface area contributed by atoms with E-state index in [2.05, 4.69) is 38.3 Å². The highest BCUT2D eigenvalue weighted by Gasteiger charge is 2.19. The highest BCUT2D eigenvalue weighted by molar-refractivity contribution is 8.77. The van der Waals surface area contributed by atoms with Crippen molar-refractivity contribution in [1.29, 1.82) is 0 Å². The summed E-state index contributed by atoms with van der Waals surface area (Å²) in [5.74, 6) is 0.655. The summed E-state index contributed by atoms with van der Waals surface area (Å²) in [5, 5.41) is 5.97. The average Bonchev–Trinajstić information content (AvgIpc) is 2.71. The Labute approximate surface area is 197 Å². The second-order valence-electron chi connectivity index (χ2n) is 7.83. The molecular formula is C21H44N2O6S2. The first-order chi connectivity index (χ1) is 14.9. The molecule has 0 aromatic heterocycles. The molecule has 2 N–H and O–H groups in total. The number of methoxy groups -OCH3 is 1. The van der Waals surface area contributed by atoms with Crippen LogP contribution in [0.4, 0.5) is 4.79 Å². The molecule has 1 amide bonds. The number of nitrogens with one attached hydrogen (secondary N) is 2. The monoisotopic (exact) mass is 484 g/mol. The first-order valence-corrected chi connectivity index (χ1v) is 13.4. The van der Waals surface area contributed by atoms with Crippen molar-refractivity contribution in [3.8, 4) is 0 Å². The lowest BCUT2D eigenvalue weighted by atomic mass is 10.1.